The van der Waals surface area contributed by atoms with Crippen LogP contribution < -0.4 is 4.74 Å². The Morgan fingerprint density at radius 2 is 1.79 bits per heavy atom. The summed E-state index contributed by atoms with van der Waals surface area (Å²) in [6.45, 7) is 8.48. The molecule has 3 aliphatic rings. The molecule has 0 bridgehead atoms. The Kier molecular flexibility index (Phi) is 5.09. The van der Waals surface area contributed by atoms with Crippen LogP contribution in [0.3, 0.4) is 0 Å². The molecule has 2 heterocycles. The van der Waals surface area contributed by atoms with Crippen molar-refractivity contribution in [3.05, 3.63) is 30.3 Å². The first-order valence-electron chi connectivity index (χ1n) is 9.94. The van der Waals surface area contributed by atoms with Crippen LogP contribution in [0.4, 0.5) is 0 Å². The Labute approximate surface area is 147 Å². The zero-order chi connectivity index (χ0) is 16.2. The molecule has 2 aliphatic heterocycles. The Morgan fingerprint density at radius 1 is 0.958 bits per heavy atom. The molecule has 0 radical (unpaired) electrons. The van der Waals surface area contributed by atoms with Gasteiger partial charge in [-0.1, -0.05) is 24.6 Å². The monoisotopic (exact) mass is 328 g/mol. The summed E-state index contributed by atoms with van der Waals surface area (Å²) >= 11 is 0. The van der Waals surface area contributed by atoms with Crippen molar-refractivity contribution in [3.8, 4) is 5.75 Å². The van der Waals surface area contributed by atoms with E-state index in [-0.39, 0.29) is 0 Å². The highest BCUT2D eigenvalue weighted by molar-refractivity contribution is 5.20. The van der Waals surface area contributed by atoms with E-state index in [4.69, 9.17) is 4.74 Å². The summed E-state index contributed by atoms with van der Waals surface area (Å²) in [5.74, 6) is 2.01. The van der Waals surface area contributed by atoms with Gasteiger partial charge in [-0.3, -0.25) is 4.90 Å². The van der Waals surface area contributed by atoms with Gasteiger partial charge in [-0.25, -0.2) is 0 Å². The van der Waals surface area contributed by atoms with E-state index in [0.29, 0.717) is 5.41 Å². The summed E-state index contributed by atoms with van der Waals surface area (Å²) in [6.07, 6.45) is 8.64. The highest BCUT2D eigenvalue weighted by atomic mass is 16.5. The normalized spacial score (nSPS) is 29.0. The zero-order valence-electron chi connectivity index (χ0n) is 15.0. The average molecular weight is 329 g/mol. The van der Waals surface area contributed by atoms with Gasteiger partial charge < -0.3 is 9.64 Å². The van der Waals surface area contributed by atoms with Crippen molar-refractivity contribution in [2.45, 2.75) is 38.5 Å². The van der Waals surface area contributed by atoms with E-state index in [2.05, 4.69) is 9.80 Å². The molecule has 3 fully saturated rings. The van der Waals surface area contributed by atoms with Crippen LogP contribution in [0.2, 0.25) is 0 Å². The quantitative estimate of drug-likeness (QED) is 0.793. The minimum atomic E-state index is 0.578. The van der Waals surface area contributed by atoms with Crippen molar-refractivity contribution in [1.82, 2.24) is 9.80 Å². The molecule has 1 aliphatic carbocycles. The van der Waals surface area contributed by atoms with E-state index < -0.39 is 0 Å². The van der Waals surface area contributed by atoms with Crippen LogP contribution in [-0.4, -0.2) is 55.7 Å². The van der Waals surface area contributed by atoms with Gasteiger partial charge in [0.25, 0.3) is 0 Å². The van der Waals surface area contributed by atoms with Crippen molar-refractivity contribution < 1.29 is 4.74 Å². The molecule has 0 amide bonds. The van der Waals surface area contributed by atoms with Gasteiger partial charge in [-0.05, 0) is 68.7 Å². The van der Waals surface area contributed by atoms with Gasteiger partial charge >= 0.3 is 0 Å². The predicted octanol–water partition coefficient (Wildman–Crippen LogP) is 3.65. The summed E-state index contributed by atoms with van der Waals surface area (Å²) in [6, 6.07) is 10.2. The highest BCUT2D eigenvalue weighted by Crippen LogP contribution is 2.40. The second-order valence-corrected chi connectivity index (χ2v) is 8.32. The second-order valence-electron chi connectivity index (χ2n) is 8.32. The van der Waals surface area contributed by atoms with E-state index in [9.17, 15) is 0 Å². The van der Waals surface area contributed by atoms with Gasteiger partial charge in [0.15, 0.2) is 0 Å². The number of likely N-dealkylation sites (tertiary alicyclic amines) is 2. The van der Waals surface area contributed by atoms with Crippen molar-refractivity contribution >= 4 is 0 Å². The molecule has 1 saturated carbocycles. The van der Waals surface area contributed by atoms with Crippen LogP contribution in [0.15, 0.2) is 30.3 Å². The number of para-hydroxylation sites is 1. The summed E-state index contributed by atoms with van der Waals surface area (Å²) in [4.78, 5) is 5.42. The Hall–Kier alpha value is -1.06. The molecule has 0 unspecified atom stereocenters. The van der Waals surface area contributed by atoms with E-state index in [0.717, 1.165) is 24.8 Å². The van der Waals surface area contributed by atoms with Crippen molar-refractivity contribution in [2.24, 2.45) is 11.3 Å². The first-order valence-corrected chi connectivity index (χ1v) is 9.94. The molecular weight excluding hydrogens is 296 g/mol. The summed E-state index contributed by atoms with van der Waals surface area (Å²) in [5, 5.41) is 0. The topological polar surface area (TPSA) is 15.7 Å². The fourth-order valence-electron chi connectivity index (χ4n) is 4.87. The maximum atomic E-state index is 5.90. The molecule has 2 saturated heterocycles. The molecule has 1 aromatic carbocycles. The number of nitrogens with zero attached hydrogens (tertiary/aromatic N) is 2. The van der Waals surface area contributed by atoms with Crippen LogP contribution >= 0.6 is 0 Å². The number of rotatable bonds is 6. The molecule has 132 valence electrons. The van der Waals surface area contributed by atoms with E-state index >= 15 is 0 Å². The molecule has 24 heavy (non-hydrogen) atoms. The van der Waals surface area contributed by atoms with Gasteiger partial charge in [-0.2, -0.15) is 0 Å². The Balaban J connectivity index is 1.23. The van der Waals surface area contributed by atoms with Crippen molar-refractivity contribution in [2.75, 3.05) is 45.9 Å². The molecule has 3 nitrogen and oxygen atoms in total. The summed E-state index contributed by atoms with van der Waals surface area (Å²) in [7, 11) is 0. The van der Waals surface area contributed by atoms with E-state index in [1.165, 1.54) is 71.2 Å². The first kappa shape index (κ1) is 16.4. The lowest BCUT2D eigenvalue weighted by Crippen LogP contribution is -2.46. The predicted molar refractivity (Wildman–Crippen MR) is 98.4 cm³/mol. The molecule has 0 aromatic heterocycles. The zero-order valence-corrected chi connectivity index (χ0v) is 15.0. The lowest BCUT2D eigenvalue weighted by Gasteiger charge is -2.41. The standard InChI is InChI=1S/C21H32N2O/c1-2-8-20(9-3-1)24-15-14-22-12-5-10-21(17-22)11-13-23(18-21)16-19-6-4-7-19/h1-3,8-9,19H,4-7,10-18H2/t21-/m1/s1. The van der Waals surface area contributed by atoms with Crippen LogP contribution in [-0.2, 0) is 0 Å². The molecule has 0 N–H and O–H groups in total. The van der Waals surface area contributed by atoms with Crippen LogP contribution in [0, 0.1) is 11.3 Å². The minimum absolute atomic E-state index is 0.578. The number of benzene rings is 1. The fourth-order valence-corrected chi connectivity index (χ4v) is 4.87. The fraction of sp³-hybridized carbons (Fsp3) is 0.714. The largest absolute Gasteiger partial charge is 0.492 e. The molecule has 1 spiro atoms. The van der Waals surface area contributed by atoms with Crippen LogP contribution in [0.5, 0.6) is 5.75 Å². The SMILES string of the molecule is c1ccc(OCCN2CCC[C@@]3(CCN(CC4CCC4)C3)C2)cc1. The number of piperidine rings is 1. The number of ether oxygens (including phenoxy) is 1. The highest BCUT2D eigenvalue weighted by Gasteiger charge is 2.41. The van der Waals surface area contributed by atoms with Gasteiger partial charge in [0.05, 0.1) is 0 Å². The summed E-state index contributed by atoms with van der Waals surface area (Å²) in [5.41, 5.74) is 0.578. The lowest BCUT2D eigenvalue weighted by atomic mass is 9.79. The van der Waals surface area contributed by atoms with E-state index in [1.54, 1.807) is 0 Å². The number of hydrogen-bond acceptors (Lipinski definition) is 3. The smallest absolute Gasteiger partial charge is 0.119 e. The summed E-state index contributed by atoms with van der Waals surface area (Å²) < 4.78 is 5.90. The van der Waals surface area contributed by atoms with Crippen LogP contribution in [0.1, 0.15) is 38.5 Å². The van der Waals surface area contributed by atoms with Gasteiger partial charge in [0.2, 0.25) is 0 Å². The maximum absolute atomic E-state index is 5.90. The molecule has 4 rings (SSSR count). The maximum Gasteiger partial charge on any atom is 0.119 e. The van der Waals surface area contributed by atoms with E-state index in [1.807, 2.05) is 30.3 Å². The second kappa shape index (κ2) is 7.45. The molecule has 1 atom stereocenters. The van der Waals surface area contributed by atoms with Gasteiger partial charge in [0, 0.05) is 26.2 Å². The van der Waals surface area contributed by atoms with Crippen molar-refractivity contribution in [3.63, 3.8) is 0 Å². The van der Waals surface area contributed by atoms with Gasteiger partial charge in [0.1, 0.15) is 12.4 Å². The third-order valence-corrected chi connectivity index (χ3v) is 6.42. The molecule has 3 heteroatoms. The number of hydrogen-bond donors (Lipinski definition) is 0. The third-order valence-electron chi connectivity index (χ3n) is 6.42. The molecular formula is C21H32N2O. The van der Waals surface area contributed by atoms with Gasteiger partial charge in [-0.15, -0.1) is 0 Å². The molecule has 1 aromatic rings. The average Bonchev–Trinajstić information content (AvgIpc) is 2.94. The third kappa shape index (κ3) is 3.94. The van der Waals surface area contributed by atoms with Crippen LogP contribution in [0.25, 0.3) is 0 Å². The lowest BCUT2D eigenvalue weighted by molar-refractivity contribution is 0.0773. The first-order chi connectivity index (χ1) is 11.8. The minimum Gasteiger partial charge on any atom is -0.492 e. The Morgan fingerprint density at radius 3 is 2.58 bits per heavy atom. The van der Waals surface area contributed by atoms with Crippen molar-refractivity contribution in [1.29, 1.82) is 0 Å². The Bertz CT molecular complexity index is 516.